The highest BCUT2D eigenvalue weighted by molar-refractivity contribution is 6.24. The van der Waals surface area contributed by atoms with Crippen LogP contribution in [0, 0.1) is 0 Å². The fraction of sp³-hybridized carbons (Fsp3) is 0.375. The summed E-state index contributed by atoms with van der Waals surface area (Å²) in [6.07, 6.45) is 0.250. The van der Waals surface area contributed by atoms with Crippen LogP contribution in [0.2, 0.25) is 0 Å². The van der Waals surface area contributed by atoms with Crippen LogP contribution in [-0.4, -0.2) is 27.8 Å². The van der Waals surface area contributed by atoms with Crippen LogP contribution in [-0.2, 0) is 4.79 Å². The maximum Gasteiger partial charge on any atom is 0.254 e. The molecule has 0 radical (unpaired) electrons. The number of nitrogens with zero attached hydrogens (tertiary/aromatic N) is 2. The summed E-state index contributed by atoms with van der Waals surface area (Å²) in [5.74, 6) is 0.0801. The highest BCUT2D eigenvalue weighted by Gasteiger charge is 2.30. The molecule has 1 fully saturated rings. The van der Waals surface area contributed by atoms with E-state index in [4.69, 9.17) is 17.3 Å². The van der Waals surface area contributed by atoms with Gasteiger partial charge in [0.1, 0.15) is 5.82 Å². The first-order valence-corrected chi connectivity index (χ1v) is 4.81. The number of carbonyl (C=O) groups excluding carboxylic acids is 1. The molecule has 0 bridgehead atoms. The fourth-order valence-electron chi connectivity index (χ4n) is 1.46. The number of aromatic amines is 1. The zero-order valence-corrected chi connectivity index (χ0v) is 8.49. The number of carbonyl (C=O) groups is 1. The van der Waals surface area contributed by atoms with E-state index in [9.17, 15) is 9.59 Å². The van der Waals surface area contributed by atoms with Gasteiger partial charge in [0.2, 0.25) is 11.9 Å². The number of aromatic nitrogens is 2. The molecule has 0 spiro atoms. The Bertz CT molecular complexity index is 458. The molecular weight excluding hydrogens is 220 g/mol. The van der Waals surface area contributed by atoms with Crippen molar-refractivity contribution in [3.05, 3.63) is 16.4 Å². The zero-order valence-electron chi connectivity index (χ0n) is 7.74. The normalized spacial score (nSPS) is 21.0. The largest absolute Gasteiger partial charge is 0.383 e. The molecule has 15 heavy (non-hydrogen) atoms. The predicted octanol–water partition coefficient (Wildman–Crippen LogP) is -0.304. The zero-order chi connectivity index (χ0) is 11.0. The Balaban J connectivity index is 2.37. The molecule has 1 aliphatic heterocycles. The molecule has 1 saturated heterocycles. The summed E-state index contributed by atoms with van der Waals surface area (Å²) in [6.45, 7) is 0.340. The summed E-state index contributed by atoms with van der Waals surface area (Å²) < 4.78 is 0. The third-order valence-corrected chi connectivity index (χ3v) is 2.37. The van der Waals surface area contributed by atoms with Gasteiger partial charge in [-0.1, -0.05) is 0 Å². The van der Waals surface area contributed by atoms with Crippen molar-refractivity contribution in [1.29, 1.82) is 0 Å². The van der Waals surface area contributed by atoms with Crippen molar-refractivity contribution in [2.75, 3.05) is 17.2 Å². The molecule has 6 nitrogen and oxygen atoms in total. The summed E-state index contributed by atoms with van der Waals surface area (Å²) in [6, 6.07) is 1.15. The third-order valence-electron chi connectivity index (χ3n) is 2.08. The van der Waals surface area contributed by atoms with Crippen LogP contribution in [0.4, 0.5) is 11.8 Å². The van der Waals surface area contributed by atoms with E-state index < -0.39 is 0 Å². The van der Waals surface area contributed by atoms with E-state index >= 15 is 0 Å². The highest BCUT2D eigenvalue weighted by atomic mass is 35.5. The summed E-state index contributed by atoms with van der Waals surface area (Å²) in [5, 5.41) is -0.246. The van der Waals surface area contributed by atoms with Gasteiger partial charge in [-0.15, -0.1) is 11.6 Å². The Morgan fingerprint density at radius 3 is 2.87 bits per heavy atom. The second-order valence-corrected chi connectivity index (χ2v) is 3.92. The minimum atomic E-state index is -0.386. The van der Waals surface area contributed by atoms with Crippen molar-refractivity contribution in [1.82, 2.24) is 9.97 Å². The molecule has 2 rings (SSSR count). The van der Waals surface area contributed by atoms with E-state index in [1.807, 2.05) is 0 Å². The molecule has 1 unspecified atom stereocenters. The predicted molar refractivity (Wildman–Crippen MR) is 55.9 cm³/mol. The second-order valence-electron chi connectivity index (χ2n) is 3.30. The number of H-pyrrole nitrogens is 1. The van der Waals surface area contributed by atoms with Gasteiger partial charge in [0.25, 0.3) is 5.56 Å². The molecule has 2 heterocycles. The number of rotatable bonds is 1. The van der Waals surface area contributed by atoms with Crippen LogP contribution < -0.4 is 16.2 Å². The Hall–Kier alpha value is -1.56. The number of anilines is 2. The van der Waals surface area contributed by atoms with Crippen molar-refractivity contribution in [2.45, 2.75) is 11.8 Å². The van der Waals surface area contributed by atoms with Gasteiger partial charge in [-0.3, -0.25) is 19.5 Å². The van der Waals surface area contributed by atoms with Gasteiger partial charge in [0.05, 0.1) is 5.38 Å². The van der Waals surface area contributed by atoms with E-state index in [2.05, 4.69) is 9.97 Å². The first-order valence-electron chi connectivity index (χ1n) is 4.37. The Morgan fingerprint density at radius 2 is 2.33 bits per heavy atom. The molecule has 1 aromatic heterocycles. The van der Waals surface area contributed by atoms with Crippen LogP contribution in [0.5, 0.6) is 0 Å². The first kappa shape index (κ1) is 9.97. The van der Waals surface area contributed by atoms with Gasteiger partial charge in [-0.25, -0.2) is 0 Å². The van der Waals surface area contributed by atoms with Crippen molar-refractivity contribution in [3.8, 4) is 0 Å². The molecule has 1 aliphatic rings. The smallest absolute Gasteiger partial charge is 0.254 e. The Morgan fingerprint density at radius 1 is 1.60 bits per heavy atom. The standard InChI is InChI=1S/C8H9ClN4O2/c9-4-1-7(15)13(3-4)8-11-5(10)2-6(14)12-8/h2,4H,1,3H2,(H3,10,11,12,14). The summed E-state index contributed by atoms with van der Waals surface area (Å²) in [4.78, 5) is 30.2. The van der Waals surface area contributed by atoms with E-state index in [0.29, 0.717) is 6.54 Å². The lowest BCUT2D eigenvalue weighted by molar-refractivity contribution is -0.117. The SMILES string of the molecule is Nc1cc(=O)[nH]c(N2CC(Cl)CC2=O)n1. The van der Waals surface area contributed by atoms with E-state index in [-0.39, 0.29) is 35.0 Å². The van der Waals surface area contributed by atoms with Crippen molar-refractivity contribution in [2.24, 2.45) is 0 Å². The molecule has 1 amide bonds. The third kappa shape index (κ3) is 1.94. The number of nitrogen functional groups attached to an aromatic ring is 1. The average Bonchev–Trinajstić information content (AvgIpc) is 2.43. The van der Waals surface area contributed by atoms with Gasteiger partial charge in [0.15, 0.2) is 0 Å². The van der Waals surface area contributed by atoms with Crippen molar-refractivity contribution in [3.63, 3.8) is 0 Å². The van der Waals surface area contributed by atoms with Crippen molar-refractivity contribution >= 4 is 29.3 Å². The molecule has 0 saturated carbocycles. The van der Waals surface area contributed by atoms with E-state index in [0.717, 1.165) is 6.07 Å². The average molecular weight is 229 g/mol. The molecular formula is C8H9ClN4O2. The van der Waals surface area contributed by atoms with Crippen LogP contribution in [0.25, 0.3) is 0 Å². The molecule has 80 valence electrons. The van der Waals surface area contributed by atoms with Crippen LogP contribution in [0.15, 0.2) is 10.9 Å². The fourth-order valence-corrected chi connectivity index (χ4v) is 1.73. The monoisotopic (exact) mass is 228 g/mol. The maximum atomic E-state index is 11.4. The van der Waals surface area contributed by atoms with Crippen LogP contribution >= 0.6 is 11.6 Å². The van der Waals surface area contributed by atoms with Gasteiger partial charge in [-0.05, 0) is 0 Å². The number of hydrogen-bond donors (Lipinski definition) is 2. The number of alkyl halides is 1. The Kier molecular flexibility index (Phi) is 2.36. The molecule has 0 aliphatic carbocycles. The lowest BCUT2D eigenvalue weighted by Gasteiger charge is -2.13. The highest BCUT2D eigenvalue weighted by Crippen LogP contribution is 2.20. The topological polar surface area (TPSA) is 92.1 Å². The van der Waals surface area contributed by atoms with Gasteiger partial charge < -0.3 is 5.73 Å². The lowest BCUT2D eigenvalue weighted by atomic mass is 10.4. The van der Waals surface area contributed by atoms with Crippen LogP contribution in [0.3, 0.4) is 0 Å². The molecule has 3 N–H and O–H groups in total. The van der Waals surface area contributed by atoms with Gasteiger partial charge in [0, 0.05) is 19.0 Å². The number of hydrogen-bond acceptors (Lipinski definition) is 4. The van der Waals surface area contributed by atoms with Crippen molar-refractivity contribution < 1.29 is 4.79 Å². The summed E-state index contributed by atoms with van der Waals surface area (Å²) in [5.41, 5.74) is 5.02. The number of nitrogens with one attached hydrogen (secondary N) is 1. The molecule has 1 aromatic rings. The summed E-state index contributed by atoms with van der Waals surface area (Å²) >= 11 is 5.82. The second kappa shape index (κ2) is 3.54. The molecule has 7 heteroatoms. The Labute approximate surface area is 90.1 Å². The minimum absolute atomic E-state index is 0.0829. The number of amides is 1. The van der Waals surface area contributed by atoms with Crippen LogP contribution in [0.1, 0.15) is 6.42 Å². The maximum absolute atomic E-state index is 11.4. The number of halogens is 1. The van der Waals surface area contributed by atoms with E-state index in [1.54, 1.807) is 0 Å². The first-order chi connectivity index (χ1) is 7.06. The number of nitrogens with two attached hydrogens (primary N) is 1. The van der Waals surface area contributed by atoms with E-state index in [1.165, 1.54) is 4.90 Å². The quantitative estimate of drug-likeness (QED) is 0.646. The van der Waals surface area contributed by atoms with Gasteiger partial charge in [-0.2, -0.15) is 4.98 Å². The molecule has 1 atom stereocenters. The van der Waals surface area contributed by atoms with Gasteiger partial charge >= 0.3 is 0 Å². The minimum Gasteiger partial charge on any atom is -0.383 e. The lowest BCUT2D eigenvalue weighted by Crippen LogP contribution is -2.29. The summed E-state index contributed by atoms with van der Waals surface area (Å²) in [7, 11) is 0. The molecule has 0 aromatic carbocycles.